The molecule has 0 amide bonds. The summed E-state index contributed by atoms with van der Waals surface area (Å²) in [6, 6.07) is 0. The van der Waals surface area contributed by atoms with E-state index in [1.165, 1.54) is 128 Å². The Morgan fingerprint density at radius 3 is 0.646 bits per heavy atom. The van der Waals surface area contributed by atoms with E-state index in [0.29, 0.717) is 22.2 Å². The Bertz CT molecular complexity index is 810. The average Bonchev–Trinajstić information content (AvgIpc) is 3.05. The van der Waals surface area contributed by atoms with E-state index in [1.54, 1.807) is 0 Å². The summed E-state index contributed by atoms with van der Waals surface area (Å²) in [4.78, 5) is 0. The highest BCUT2D eigenvalue weighted by molar-refractivity contribution is 6.95. The number of rotatable bonds is 4. The molecule has 48 heavy (non-hydrogen) atoms. The van der Waals surface area contributed by atoms with Gasteiger partial charge in [-0.25, -0.2) is 0 Å². The van der Waals surface area contributed by atoms with E-state index in [0.717, 1.165) is 0 Å². The number of hydrogen-bond acceptors (Lipinski definition) is 8. The van der Waals surface area contributed by atoms with Gasteiger partial charge in [0.15, 0.2) is 0 Å². The Hall–Kier alpha value is 1.42. The molecule has 0 aromatic carbocycles. The maximum Gasteiger partial charge on any atom is 0.320 e. The van der Waals surface area contributed by atoms with Crippen LogP contribution in [0.15, 0.2) is 0 Å². The largest absolute Gasteiger partial charge is 0.420 e. The van der Waals surface area contributed by atoms with Crippen LogP contribution in [0.5, 0.6) is 0 Å². The van der Waals surface area contributed by atoms with Crippen LogP contribution in [-0.2, 0) is 32.9 Å². The van der Waals surface area contributed by atoms with Gasteiger partial charge in [0.1, 0.15) is 0 Å². The first-order valence-electron chi connectivity index (χ1n) is 20.2. The molecule has 280 valence electrons. The van der Waals surface area contributed by atoms with Gasteiger partial charge in [0, 0.05) is 22.2 Å². The van der Waals surface area contributed by atoms with Crippen LogP contribution in [0.4, 0.5) is 0 Å². The van der Waals surface area contributed by atoms with Crippen molar-refractivity contribution in [3.05, 3.63) is 0 Å². The molecule has 0 unspecified atom stereocenters. The molecule has 0 spiro atoms. The molecule has 0 aromatic rings. The lowest BCUT2D eigenvalue weighted by Crippen LogP contribution is -2.71. The molecule has 6 fully saturated rings. The molecule has 6 aliphatic rings. The van der Waals surface area contributed by atoms with Crippen LogP contribution in [0.2, 0.25) is 74.5 Å². The monoisotopic (exact) mass is 808 g/mol. The molecule has 0 N–H and O–H groups in total. The van der Waals surface area contributed by atoms with E-state index < -0.39 is 71.4 Å². The highest BCUT2D eigenvalue weighted by atomic mass is 28.5. The van der Waals surface area contributed by atoms with Crippen molar-refractivity contribution in [2.45, 2.75) is 203 Å². The maximum atomic E-state index is 7.74. The Morgan fingerprint density at radius 1 is 0.312 bits per heavy atom. The highest BCUT2D eigenvalue weighted by Crippen LogP contribution is 2.53. The first kappa shape index (κ1) is 40.6. The van der Waals surface area contributed by atoms with Crippen molar-refractivity contribution in [3.8, 4) is 0 Å². The topological polar surface area (TPSA) is 73.8 Å². The summed E-state index contributed by atoms with van der Waals surface area (Å²) in [5, 5.41) is 0. The van der Waals surface area contributed by atoms with Crippen molar-refractivity contribution in [2.75, 3.05) is 0 Å². The van der Waals surface area contributed by atoms with E-state index >= 15 is 0 Å². The van der Waals surface area contributed by atoms with Crippen LogP contribution in [0.1, 0.15) is 128 Å². The van der Waals surface area contributed by atoms with E-state index in [1.807, 2.05) is 26.2 Å². The van der Waals surface area contributed by atoms with Crippen LogP contribution in [-0.4, -0.2) is 71.4 Å². The molecule has 0 atom stereocenters. The van der Waals surface area contributed by atoms with Gasteiger partial charge in [-0.15, -0.1) is 0 Å². The van der Waals surface area contributed by atoms with Crippen LogP contribution in [0, 0.1) is 0 Å². The summed E-state index contributed by atoms with van der Waals surface area (Å²) in [5.74, 6) is 0. The van der Waals surface area contributed by atoms with Gasteiger partial charge >= 0.3 is 34.2 Å². The van der Waals surface area contributed by atoms with E-state index in [2.05, 4.69) is 26.2 Å². The second-order valence-corrected chi connectivity index (χ2v) is 40.2. The predicted octanol–water partition coefficient (Wildman–Crippen LogP) is 9.16. The lowest BCUT2D eigenvalue weighted by molar-refractivity contribution is 0.180. The third kappa shape index (κ3) is 10.8. The van der Waals surface area contributed by atoms with Crippen molar-refractivity contribution < 1.29 is 32.9 Å². The zero-order valence-corrected chi connectivity index (χ0v) is 40.6. The molecular weight excluding hydrogens is 737 g/mol. The molecule has 2 heterocycles. The summed E-state index contributed by atoms with van der Waals surface area (Å²) >= 11 is 0. The third-order valence-electron chi connectivity index (χ3n) is 12.5. The molecule has 4 aliphatic carbocycles. The van der Waals surface area contributed by atoms with Gasteiger partial charge in [0.25, 0.3) is 37.1 Å². The van der Waals surface area contributed by atoms with Crippen molar-refractivity contribution in [1.82, 2.24) is 0 Å². The summed E-state index contributed by atoms with van der Waals surface area (Å²) in [7, 11) is -15.6. The van der Waals surface area contributed by atoms with Gasteiger partial charge in [-0.3, -0.25) is 0 Å². The SMILES string of the molecule is C[SiH]1O[SiH](C)O[SiH](C)O[SiH](C)O1.C[Si]1(C2CCCCC2)O[Si](C)(C2CCCCC2)O[Si](C)(C2CCCCC2)O[Si](C)(C2CCCCC2)O1. The molecule has 0 bridgehead atoms. The molecule has 4 saturated carbocycles. The quantitative estimate of drug-likeness (QED) is 0.261. The zero-order valence-electron chi connectivity index (χ0n) is 32.0. The third-order valence-corrected chi connectivity index (χ3v) is 46.0. The molecule has 2 saturated heterocycles. The first-order chi connectivity index (χ1) is 22.8. The lowest BCUT2D eigenvalue weighted by Gasteiger charge is -2.57. The Morgan fingerprint density at radius 2 is 0.479 bits per heavy atom. The minimum Gasteiger partial charge on any atom is -0.420 e. The standard InChI is InChI=1S/C28H56O4Si4.C4H16O4Si4/c1-33(25-17-9-5-10-18-25)29-34(2,26-19-11-6-12-20-26)31-36(4,28-23-15-8-16-24-28)32-35(3,30-33)27-21-13-7-14-22-27;1-9-5-10(2)7-12(4)8-11(3)6-9/h25-28H,5-24H2,1-4H3;9-12H,1-4H3. The Balaban J connectivity index is 0.000000318. The van der Waals surface area contributed by atoms with Gasteiger partial charge in [-0.2, -0.15) is 0 Å². The number of hydrogen-bond donors (Lipinski definition) is 0. The Labute approximate surface area is 305 Å². The maximum absolute atomic E-state index is 7.74. The fourth-order valence-corrected chi connectivity index (χ4v) is 48.3. The van der Waals surface area contributed by atoms with Crippen molar-refractivity contribution in [2.24, 2.45) is 0 Å². The lowest BCUT2D eigenvalue weighted by atomic mass is 10.0. The van der Waals surface area contributed by atoms with E-state index in [4.69, 9.17) is 32.9 Å². The molecule has 6 rings (SSSR count). The summed E-state index contributed by atoms with van der Waals surface area (Å²) in [6.45, 7) is 18.1. The smallest absolute Gasteiger partial charge is 0.320 e. The van der Waals surface area contributed by atoms with Gasteiger partial charge in [0.2, 0.25) is 0 Å². The van der Waals surface area contributed by atoms with Gasteiger partial charge in [-0.1, -0.05) is 77.0 Å². The fourth-order valence-electron chi connectivity index (χ4n) is 10.1. The van der Waals surface area contributed by atoms with Crippen LogP contribution >= 0.6 is 0 Å². The van der Waals surface area contributed by atoms with Crippen molar-refractivity contribution >= 4 is 71.4 Å². The van der Waals surface area contributed by atoms with Crippen LogP contribution in [0.3, 0.4) is 0 Å². The molecule has 0 radical (unpaired) electrons. The van der Waals surface area contributed by atoms with Crippen LogP contribution in [0.25, 0.3) is 0 Å². The van der Waals surface area contributed by atoms with Crippen molar-refractivity contribution in [1.29, 1.82) is 0 Å². The molecule has 16 heteroatoms. The first-order valence-corrected chi connectivity index (χ1v) is 38.2. The molecule has 2 aliphatic heterocycles. The second-order valence-electron chi connectivity index (χ2n) is 16.6. The predicted molar refractivity (Wildman–Crippen MR) is 215 cm³/mol. The zero-order chi connectivity index (χ0) is 34.4. The normalized spacial score (nSPS) is 44.0. The summed E-state index contributed by atoms with van der Waals surface area (Å²) in [5.41, 5.74) is 2.46. The molecular formula is C32H72O8Si8. The highest BCUT2D eigenvalue weighted by Gasteiger charge is 2.64. The second kappa shape index (κ2) is 18.2. The molecule has 8 nitrogen and oxygen atoms in total. The van der Waals surface area contributed by atoms with Gasteiger partial charge in [0.05, 0.1) is 0 Å². The summed E-state index contributed by atoms with van der Waals surface area (Å²) in [6.07, 6.45) is 26.7. The van der Waals surface area contributed by atoms with Gasteiger partial charge < -0.3 is 32.9 Å². The minimum absolute atomic E-state index is 0.616. The fraction of sp³-hybridized carbons (Fsp3) is 1.00. The van der Waals surface area contributed by atoms with E-state index in [9.17, 15) is 0 Å². The van der Waals surface area contributed by atoms with Crippen LogP contribution < -0.4 is 0 Å². The minimum atomic E-state index is -2.47. The summed E-state index contributed by atoms with van der Waals surface area (Å²) < 4.78 is 53.6. The molecule has 0 aromatic heterocycles. The Kier molecular flexibility index (Phi) is 15.4. The average molecular weight is 810 g/mol. The van der Waals surface area contributed by atoms with Crippen molar-refractivity contribution in [3.63, 3.8) is 0 Å². The van der Waals surface area contributed by atoms with Gasteiger partial charge in [-0.05, 0) is 104 Å². The van der Waals surface area contributed by atoms with E-state index in [-0.39, 0.29) is 0 Å².